The van der Waals surface area contributed by atoms with E-state index in [1.165, 1.54) is 6.07 Å². The summed E-state index contributed by atoms with van der Waals surface area (Å²) in [6.07, 6.45) is 0. The maximum absolute atomic E-state index is 14.2. The van der Waals surface area contributed by atoms with Crippen molar-refractivity contribution in [3.8, 4) is 0 Å². The molecule has 0 aliphatic carbocycles. The highest BCUT2D eigenvalue weighted by atomic mass is 32.1. The van der Waals surface area contributed by atoms with Crippen molar-refractivity contribution in [3.63, 3.8) is 0 Å². The molecule has 1 atom stereocenters. The van der Waals surface area contributed by atoms with Gasteiger partial charge in [0.05, 0.1) is 11.6 Å². The van der Waals surface area contributed by atoms with E-state index in [2.05, 4.69) is 4.98 Å². The van der Waals surface area contributed by atoms with Gasteiger partial charge in [-0.1, -0.05) is 19.9 Å². The lowest BCUT2D eigenvalue weighted by atomic mass is 10.0. The van der Waals surface area contributed by atoms with Gasteiger partial charge >= 0.3 is 0 Å². The third kappa shape index (κ3) is 2.19. The van der Waals surface area contributed by atoms with Gasteiger partial charge in [0.15, 0.2) is 11.6 Å². The molecule has 1 unspecified atom stereocenters. The fraction of sp³-hybridized carbons (Fsp3) is 0.267. The van der Waals surface area contributed by atoms with Crippen LogP contribution in [-0.4, -0.2) is 9.55 Å². The van der Waals surface area contributed by atoms with Crippen molar-refractivity contribution in [2.75, 3.05) is 5.73 Å². The number of benzene rings is 1. The van der Waals surface area contributed by atoms with E-state index < -0.39 is 11.6 Å². The average Bonchev–Trinajstić information content (AvgIpc) is 3.04. The molecule has 0 radical (unpaired) electrons. The van der Waals surface area contributed by atoms with Crippen molar-refractivity contribution >= 4 is 28.3 Å². The van der Waals surface area contributed by atoms with Crippen molar-refractivity contribution in [2.24, 2.45) is 5.92 Å². The summed E-state index contributed by atoms with van der Waals surface area (Å²) in [5, 5.41) is 1.96. The highest BCUT2D eigenvalue weighted by molar-refractivity contribution is 7.10. The minimum Gasteiger partial charge on any atom is -0.369 e. The molecule has 2 aromatic heterocycles. The molecule has 21 heavy (non-hydrogen) atoms. The molecule has 1 aromatic carbocycles. The van der Waals surface area contributed by atoms with Gasteiger partial charge in [-0.3, -0.25) is 4.57 Å². The topological polar surface area (TPSA) is 43.8 Å². The lowest BCUT2D eigenvalue weighted by Crippen LogP contribution is -2.18. The molecule has 0 fully saturated rings. The molecule has 0 saturated carbocycles. The number of nitrogen functional groups attached to an aromatic ring is 1. The number of anilines is 1. The van der Waals surface area contributed by atoms with E-state index in [4.69, 9.17) is 5.73 Å². The summed E-state index contributed by atoms with van der Waals surface area (Å²) in [6, 6.07) is 6.25. The zero-order chi connectivity index (χ0) is 15.1. The second-order valence-electron chi connectivity index (χ2n) is 5.27. The second-order valence-corrected chi connectivity index (χ2v) is 6.25. The average molecular weight is 307 g/mol. The Hall–Kier alpha value is -1.95. The summed E-state index contributed by atoms with van der Waals surface area (Å²) in [6.45, 7) is 4.04. The van der Waals surface area contributed by atoms with Crippen LogP contribution in [0.1, 0.15) is 24.8 Å². The number of thiophene rings is 1. The number of imidazole rings is 1. The Morgan fingerprint density at radius 1 is 1.24 bits per heavy atom. The minimum absolute atomic E-state index is 0.125. The quantitative estimate of drug-likeness (QED) is 0.788. The van der Waals surface area contributed by atoms with E-state index >= 15 is 0 Å². The SMILES string of the molecule is CC(C)C(c1cccs1)n1c(N)nc2ccc(F)c(F)c21. The van der Waals surface area contributed by atoms with E-state index in [1.807, 2.05) is 31.4 Å². The van der Waals surface area contributed by atoms with Crippen LogP contribution in [0.15, 0.2) is 29.6 Å². The lowest BCUT2D eigenvalue weighted by molar-refractivity contribution is 0.448. The van der Waals surface area contributed by atoms with Gasteiger partial charge in [0.1, 0.15) is 5.52 Å². The Bertz CT molecular complexity index is 778. The van der Waals surface area contributed by atoms with Gasteiger partial charge in [-0.15, -0.1) is 11.3 Å². The third-order valence-electron chi connectivity index (χ3n) is 3.51. The Morgan fingerprint density at radius 3 is 2.62 bits per heavy atom. The summed E-state index contributed by atoms with van der Waals surface area (Å²) < 4.78 is 29.4. The van der Waals surface area contributed by atoms with Crippen LogP contribution in [0, 0.1) is 17.6 Å². The minimum atomic E-state index is -0.904. The molecule has 0 saturated heterocycles. The van der Waals surface area contributed by atoms with E-state index in [-0.39, 0.29) is 23.4 Å². The van der Waals surface area contributed by atoms with Crippen molar-refractivity contribution < 1.29 is 8.78 Å². The molecule has 0 aliphatic heterocycles. The maximum atomic E-state index is 14.2. The van der Waals surface area contributed by atoms with E-state index in [0.717, 1.165) is 10.9 Å². The summed E-state index contributed by atoms with van der Waals surface area (Å²) >= 11 is 1.56. The molecule has 0 aliphatic rings. The summed E-state index contributed by atoms with van der Waals surface area (Å²) in [7, 11) is 0. The number of fused-ring (bicyclic) bond motifs is 1. The van der Waals surface area contributed by atoms with Crippen LogP contribution in [0.5, 0.6) is 0 Å². The molecule has 3 rings (SSSR count). The van der Waals surface area contributed by atoms with Crippen LogP contribution in [0.4, 0.5) is 14.7 Å². The van der Waals surface area contributed by atoms with Gasteiger partial charge in [-0.2, -0.15) is 0 Å². The van der Waals surface area contributed by atoms with Crippen LogP contribution < -0.4 is 5.73 Å². The van der Waals surface area contributed by atoms with Gasteiger partial charge < -0.3 is 5.73 Å². The van der Waals surface area contributed by atoms with Gasteiger partial charge in [0.2, 0.25) is 5.95 Å². The van der Waals surface area contributed by atoms with Crippen LogP contribution in [0.3, 0.4) is 0 Å². The molecule has 110 valence electrons. The number of rotatable bonds is 3. The van der Waals surface area contributed by atoms with Crippen molar-refractivity contribution in [1.29, 1.82) is 0 Å². The molecule has 6 heteroatoms. The molecule has 2 heterocycles. The number of nitrogens with zero attached hydrogens (tertiary/aromatic N) is 2. The van der Waals surface area contributed by atoms with Gasteiger partial charge in [-0.25, -0.2) is 13.8 Å². The molecule has 3 nitrogen and oxygen atoms in total. The number of hydrogen-bond donors (Lipinski definition) is 1. The molecule has 2 N–H and O–H groups in total. The maximum Gasteiger partial charge on any atom is 0.201 e. The smallest absolute Gasteiger partial charge is 0.201 e. The summed E-state index contributed by atoms with van der Waals surface area (Å²) in [5.41, 5.74) is 6.48. The zero-order valence-corrected chi connectivity index (χ0v) is 12.5. The first kappa shape index (κ1) is 14.0. The first-order valence-electron chi connectivity index (χ1n) is 6.65. The monoisotopic (exact) mass is 307 g/mol. The Kier molecular flexibility index (Phi) is 3.41. The zero-order valence-electron chi connectivity index (χ0n) is 11.7. The predicted octanol–water partition coefficient (Wildman–Crippen LogP) is 4.20. The molecule has 3 aromatic rings. The number of halogens is 2. The Morgan fingerprint density at radius 2 is 2.00 bits per heavy atom. The van der Waals surface area contributed by atoms with Crippen LogP contribution in [0.25, 0.3) is 11.0 Å². The van der Waals surface area contributed by atoms with Crippen LogP contribution in [-0.2, 0) is 0 Å². The van der Waals surface area contributed by atoms with Crippen LogP contribution in [0.2, 0.25) is 0 Å². The second kappa shape index (κ2) is 5.11. The van der Waals surface area contributed by atoms with Gasteiger partial charge in [0.25, 0.3) is 0 Å². The van der Waals surface area contributed by atoms with E-state index in [0.29, 0.717) is 5.52 Å². The largest absolute Gasteiger partial charge is 0.369 e. The lowest BCUT2D eigenvalue weighted by Gasteiger charge is -2.23. The molecule has 0 amide bonds. The van der Waals surface area contributed by atoms with E-state index in [1.54, 1.807) is 15.9 Å². The number of hydrogen-bond acceptors (Lipinski definition) is 3. The molecular formula is C15H15F2N3S. The molecule has 0 bridgehead atoms. The van der Waals surface area contributed by atoms with Gasteiger partial charge in [-0.05, 0) is 29.5 Å². The fourth-order valence-corrected chi connectivity index (χ4v) is 3.62. The summed E-state index contributed by atoms with van der Waals surface area (Å²) in [4.78, 5) is 5.21. The van der Waals surface area contributed by atoms with Crippen molar-refractivity contribution in [1.82, 2.24) is 9.55 Å². The Balaban J connectivity index is 2.32. The highest BCUT2D eigenvalue weighted by Gasteiger charge is 2.26. The van der Waals surface area contributed by atoms with Gasteiger partial charge in [0, 0.05) is 4.88 Å². The predicted molar refractivity (Wildman–Crippen MR) is 81.4 cm³/mol. The number of nitrogens with two attached hydrogens (primary N) is 1. The van der Waals surface area contributed by atoms with Crippen molar-refractivity contribution in [3.05, 3.63) is 46.2 Å². The Labute approximate surface area is 125 Å². The van der Waals surface area contributed by atoms with E-state index in [9.17, 15) is 8.78 Å². The third-order valence-corrected chi connectivity index (χ3v) is 4.46. The fourth-order valence-electron chi connectivity index (χ4n) is 2.64. The normalized spacial score (nSPS) is 13.2. The number of aromatic nitrogens is 2. The first-order valence-corrected chi connectivity index (χ1v) is 7.53. The highest BCUT2D eigenvalue weighted by Crippen LogP contribution is 2.36. The van der Waals surface area contributed by atoms with Crippen LogP contribution >= 0.6 is 11.3 Å². The summed E-state index contributed by atoms with van der Waals surface area (Å²) in [5.74, 6) is -1.44. The standard InChI is InChI=1S/C15H15F2N3S/c1-8(2)13(11-4-3-7-21-11)20-14-10(19-15(20)18)6-5-9(16)12(14)17/h3-8,13H,1-2H3,(H2,18,19). The molecule has 0 spiro atoms. The first-order chi connectivity index (χ1) is 10.0. The van der Waals surface area contributed by atoms with Crippen molar-refractivity contribution in [2.45, 2.75) is 19.9 Å². The molecular weight excluding hydrogens is 292 g/mol.